The van der Waals surface area contributed by atoms with Crippen LogP contribution in [0.5, 0.6) is 0 Å². The molecule has 0 amide bonds. The normalized spacial score (nSPS) is 14.0. The van der Waals surface area contributed by atoms with Crippen molar-refractivity contribution >= 4 is 44.6 Å². The van der Waals surface area contributed by atoms with E-state index in [1.54, 1.807) is 0 Å². The number of aromatic nitrogens is 1. The molecule has 0 saturated heterocycles. The highest BCUT2D eigenvalue weighted by Gasteiger charge is 2.20. The third-order valence-corrected chi connectivity index (χ3v) is 9.65. The van der Waals surface area contributed by atoms with Gasteiger partial charge in [-0.2, -0.15) is 0 Å². The fourth-order valence-electron chi connectivity index (χ4n) is 7.22. The predicted octanol–water partition coefficient (Wildman–Crippen LogP) is 12.8. The number of fused-ring (bicyclic) bond motifs is 3. The third kappa shape index (κ3) is 5.34. The summed E-state index contributed by atoms with van der Waals surface area (Å²) in [5.41, 5.74) is 13.1. The van der Waals surface area contributed by atoms with Gasteiger partial charge in [0.25, 0.3) is 0 Å². The molecular formula is C47H34N2. The highest BCUT2D eigenvalue weighted by Crippen LogP contribution is 2.41. The minimum atomic E-state index is 0.254. The molecule has 49 heavy (non-hydrogen) atoms. The van der Waals surface area contributed by atoms with Gasteiger partial charge < -0.3 is 9.47 Å². The zero-order valence-electron chi connectivity index (χ0n) is 27.0. The number of nitrogens with zero attached hydrogens (tertiary/aromatic N) is 2. The van der Waals surface area contributed by atoms with Crippen LogP contribution in [0.4, 0.5) is 17.1 Å². The van der Waals surface area contributed by atoms with E-state index in [1.807, 2.05) is 0 Å². The Bertz CT molecular complexity index is 2450. The predicted molar refractivity (Wildman–Crippen MR) is 208 cm³/mol. The molecule has 1 atom stereocenters. The first-order valence-electron chi connectivity index (χ1n) is 16.9. The van der Waals surface area contributed by atoms with Gasteiger partial charge in [0.1, 0.15) is 0 Å². The Morgan fingerprint density at radius 3 is 1.61 bits per heavy atom. The Morgan fingerprint density at radius 2 is 0.918 bits per heavy atom. The summed E-state index contributed by atoms with van der Waals surface area (Å²) in [4.78, 5) is 2.36. The van der Waals surface area contributed by atoms with Crippen LogP contribution in [0.3, 0.4) is 0 Å². The summed E-state index contributed by atoms with van der Waals surface area (Å²) in [6.07, 6.45) is 6.96. The monoisotopic (exact) mass is 626 g/mol. The zero-order chi connectivity index (χ0) is 32.6. The molecule has 1 aliphatic carbocycles. The molecule has 0 aliphatic heterocycles. The van der Waals surface area contributed by atoms with Crippen molar-refractivity contribution in [2.75, 3.05) is 4.90 Å². The molecule has 0 radical (unpaired) electrons. The standard InChI is InChI=1S/C47H34N2/c1-4-12-34(13-5-1)36-20-22-37(23-21-36)38-24-27-41(28-25-38)48(40-16-8-3-9-17-40)43-30-31-45-44-18-10-11-19-46(44)49(47(45)33-43)42-29-26-39(32-42)35-14-6-2-7-15-35/h1-33,39H. The van der Waals surface area contributed by atoms with Crippen molar-refractivity contribution in [1.82, 2.24) is 4.57 Å². The van der Waals surface area contributed by atoms with Gasteiger partial charge in [0.05, 0.1) is 11.0 Å². The van der Waals surface area contributed by atoms with Crippen LogP contribution in [0.15, 0.2) is 200 Å². The van der Waals surface area contributed by atoms with E-state index < -0.39 is 0 Å². The summed E-state index contributed by atoms with van der Waals surface area (Å²) < 4.78 is 2.43. The lowest BCUT2D eigenvalue weighted by Gasteiger charge is -2.26. The summed E-state index contributed by atoms with van der Waals surface area (Å²) in [6.45, 7) is 0. The highest BCUT2D eigenvalue weighted by atomic mass is 15.1. The van der Waals surface area contributed by atoms with Gasteiger partial charge in [-0.05, 0) is 82.4 Å². The summed E-state index contributed by atoms with van der Waals surface area (Å²) in [5, 5.41) is 2.51. The zero-order valence-corrected chi connectivity index (χ0v) is 27.0. The lowest BCUT2D eigenvalue weighted by atomic mass is 10.00. The molecule has 1 aromatic heterocycles. The molecule has 7 aromatic carbocycles. The van der Waals surface area contributed by atoms with Crippen LogP contribution >= 0.6 is 0 Å². The van der Waals surface area contributed by atoms with Crippen molar-refractivity contribution < 1.29 is 0 Å². The number of hydrogen-bond donors (Lipinski definition) is 0. The second-order valence-electron chi connectivity index (χ2n) is 12.6. The Hall–Kier alpha value is -6.38. The Kier molecular flexibility index (Phi) is 7.25. The van der Waals surface area contributed by atoms with Gasteiger partial charge in [-0.15, -0.1) is 0 Å². The van der Waals surface area contributed by atoms with Crippen LogP contribution in [0.2, 0.25) is 0 Å². The van der Waals surface area contributed by atoms with E-state index in [1.165, 1.54) is 55.3 Å². The van der Waals surface area contributed by atoms with E-state index in [2.05, 4.69) is 210 Å². The van der Waals surface area contributed by atoms with Gasteiger partial charge in [0, 0.05) is 39.4 Å². The van der Waals surface area contributed by atoms with Gasteiger partial charge >= 0.3 is 0 Å². The lowest BCUT2D eigenvalue weighted by molar-refractivity contribution is 1.10. The van der Waals surface area contributed by atoms with Crippen molar-refractivity contribution in [2.45, 2.75) is 5.92 Å². The van der Waals surface area contributed by atoms with E-state index in [4.69, 9.17) is 0 Å². The third-order valence-electron chi connectivity index (χ3n) is 9.65. The SMILES string of the molecule is C1=CC(c2ccccc2)C=C1n1c2ccccc2c2ccc(N(c3ccccc3)c3ccc(-c4ccc(-c5ccccc5)cc4)cc3)cc21. The molecule has 0 spiro atoms. The first-order valence-corrected chi connectivity index (χ1v) is 16.9. The van der Waals surface area contributed by atoms with Crippen molar-refractivity contribution in [3.05, 3.63) is 206 Å². The summed E-state index contributed by atoms with van der Waals surface area (Å²) >= 11 is 0. The first kappa shape index (κ1) is 28.8. The maximum Gasteiger partial charge on any atom is 0.0561 e. The molecule has 232 valence electrons. The molecule has 0 fully saturated rings. The highest BCUT2D eigenvalue weighted by molar-refractivity contribution is 6.11. The van der Waals surface area contributed by atoms with Crippen LogP contribution in [0.25, 0.3) is 49.8 Å². The number of benzene rings is 7. The van der Waals surface area contributed by atoms with Crippen LogP contribution in [0.1, 0.15) is 11.5 Å². The van der Waals surface area contributed by atoms with E-state index in [9.17, 15) is 0 Å². The number of para-hydroxylation sites is 2. The van der Waals surface area contributed by atoms with E-state index in [0.717, 1.165) is 17.1 Å². The van der Waals surface area contributed by atoms with E-state index in [0.29, 0.717) is 0 Å². The average molecular weight is 627 g/mol. The first-order chi connectivity index (χ1) is 24.3. The van der Waals surface area contributed by atoms with Crippen LogP contribution in [-0.4, -0.2) is 4.57 Å². The average Bonchev–Trinajstić information content (AvgIpc) is 3.79. The molecule has 1 unspecified atom stereocenters. The number of rotatable bonds is 7. The van der Waals surface area contributed by atoms with Crippen LogP contribution < -0.4 is 4.90 Å². The Balaban J connectivity index is 1.13. The molecule has 0 saturated carbocycles. The van der Waals surface area contributed by atoms with Crippen LogP contribution in [0, 0.1) is 0 Å². The maximum absolute atomic E-state index is 2.43. The van der Waals surface area contributed by atoms with Crippen molar-refractivity contribution in [1.29, 1.82) is 0 Å². The Morgan fingerprint density at radius 1 is 0.408 bits per heavy atom. The van der Waals surface area contributed by atoms with Crippen LogP contribution in [-0.2, 0) is 0 Å². The van der Waals surface area contributed by atoms with Gasteiger partial charge in [-0.25, -0.2) is 0 Å². The molecule has 0 N–H and O–H groups in total. The van der Waals surface area contributed by atoms with Crippen molar-refractivity contribution in [2.24, 2.45) is 0 Å². The van der Waals surface area contributed by atoms with Gasteiger partial charge in [0.2, 0.25) is 0 Å². The molecule has 8 aromatic rings. The minimum absolute atomic E-state index is 0.254. The second-order valence-corrected chi connectivity index (χ2v) is 12.6. The van der Waals surface area contributed by atoms with E-state index >= 15 is 0 Å². The molecule has 2 heteroatoms. The number of anilines is 3. The fraction of sp³-hybridized carbons (Fsp3) is 0.0213. The molecule has 0 bridgehead atoms. The largest absolute Gasteiger partial charge is 0.310 e. The number of allylic oxidation sites excluding steroid dienone is 4. The molecule has 1 aliphatic rings. The van der Waals surface area contributed by atoms with Gasteiger partial charge in [-0.1, -0.05) is 146 Å². The smallest absolute Gasteiger partial charge is 0.0561 e. The minimum Gasteiger partial charge on any atom is -0.310 e. The van der Waals surface area contributed by atoms with Gasteiger partial charge in [0.15, 0.2) is 0 Å². The second kappa shape index (κ2) is 12.3. The summed E-state index contributed by atoms with van der Waals surface area (Å²) in [6, 6.07) is 65.4. The molecule has 2 nitrogen and oxygen atoms in total. The van der Waals surface area contributed by atoms with Gasteiger partial charge in [-0.3, -0.25) is 0 Å². The molecule has 1 heterocycles. The number of hydrogen-bond acceptors (Lipinski definition) is 1. The quantitative estimate of drug-likeness (QED) is 0.171. The van der Waals surface area contributed by atoms with E-state index in [-0.39, 0.29) is 5.92 Å². The lowest BCUT2D eigenvalue weighted by Crippen LogP contribution is -2.10. The summed E-state index contributed by atoms with van der Waals surface area (Å²) in [5.74, 6) is 0.254. The molecular weight excluding hydrogens is 593 g/mol. The molecule has 9 rings (SSSR count). The summed E-state index contributed by atoms with van der Waals surface area (Å²) in [7, 11) is 0. The maximum atomic E-state index is 2.43. The topological polar surface area (TPSA) is 8.17 Å². The van der Waals surface area contributed by atoms with Crippen molar-refractivity contribution in [3.63, 3.8) is 0 Å². The Labute approximate surface area is 287 Å². The fourth-order valence-corrected chi connectivity index (χ4v) is 7.22. The van der Waals surface area contributed by atoms with Crippen molar-refractivity contribution in [3.8, 4) is 22.3 Å².